The summed E-state index contributed by atoms with van der Waals surface area (Å²) >= 11 is 0. The van der Waals surface area contributed by atoms with E-state index in [1.807, 2.05) is 30.3 Å². The quantitative estimate of drug-likeness (QED) is 0.390. The molecule has 2 aromatic carbocycles. The molecule has 3 heterocycles. The minimum atomic E-state index is -1.21. The lowest BCUT2D eigenvalue weighted by Crippen LogP contribution is -2.38. The number of carboxylic acids is 1. The number of halogens is 1. The molecule has 0 aliphatic heterocycles. The van der Waals surface area contributed by atoms with Gasteiger partial charge in [-0.2, -0.15) is 0 Å². The SMILES string of the molecule is CC(NC(=O)c1ccc(-c2ccc3nnn(Cc4ccc5ncccc5c4)c3n2)cc1F)C(=O)O. The van der Waals surface area contributed by atoms with Crippen LogP contribution in [0.25, 0.3) is 33.3 Å². The van der Waals surface area contributed by atoms with Crippen molar-refractivity contribution >= 4 is 33.9 Å². The molecule has 0 aliphatic rings. The summed E-state index contributed by atoms with van der Waals surface area (Å²) in [6.45, 7) is 1.74. The maximum Gasteiger partial charge on any atom is 0.325 e. The molecule has 1 atom stereocenters. The molecule has 0 saturated carbocycles. The second-order valence-electron chi connectivity index (χ2n) is 8.04. The number of rotatable bonds is 6. The van der Waals surface area contributed by atoms with E-state index in [-0.39, 0.29) is 5.56 Å². The highest BCUT2D eigenvalue weighted by Crippen LogP contribution is 2.23. The maximum atomic E-state index is 14.7. The molecule has 0 saturated heterocycles. The lowest BCUT2D eigenvalue weighted by Gasteiger charge is -2.10. The van der Waals surface area contributed by atoms with Crippen LogP contribution in [0.3, 0.4) is 0 Å². The standard InChI is InChI=1S/C25H19FN6O3/c1-14(25(34)35)28-24(33)18-6-5-17(12-19(18)26)21-8-9-22-23(29-21)32(31-30-22)13-15-4-7-20-16(11-15)3-2-10-27-20/h2-12,14H,13H2,1H3,(H,28,33)(H,34,35). The van der Waals surface area contributed by atoms with Gasteiger partial charge < -0.3 is 10.4 Å². The number of carbonyl (C=O) groups is 2. The van der Waals surface area contributed by atoms with Gasteiger partial charge in [-0.1, -0.05) is 23.4 Å². The smallest absolute Gasteiger partial charge is 0.325 e. The van der Waals surface area contributed by atoms with E-state index < -0.39 is 23.7 Å². The third-order valence-electron chi connectivity index (χ3n) is 5.59. The van der Waals surface area contributed by atoms with Crippen molar-refractivity contribution in [1.29, 1.82) is 0 Å². The second-order valence-corrected chi connectivity index (χ2v) is 8.04. The minimum Gasteiger partial charge on any atom is -0.480 e. The zero-order valence-electron chi connectivity index (χ0n) is 18.5. The van der Waals surface area contributed by atoms with Gasteiger partial charge in [-0.15, -0.1) is 5.10 Å². The average molecular weight is 470 g/mol. The van der Waals surface area contributed by atoms with Crippen LogP contribution in [0.1, 0.15) is 22.8 Å². The lowest BCUT2D eigenvalue weighted by molar-refractivity contribution is -0.138. The third-order valence-corrected chi connectivity index (χ3v) is 5.59. The monoisotopic (exact) mass is 470 g/mol. The predicted octanol–water partition coefficient (Wildman–Crippen LogP) is 3.43. The number of carbonyl (C=O) groups excluding carboxylic acids is 1. The van der Waals surface area contributed by atoms with E-state index >= 15 is 0 Å². The van der Waals surface area contributed by atoms with Gasteiger partial charge in [0.1, 0.15) is 17.4 Å². The van der Waals surface area contributed by atoms with Crippen LogP contribution < -0.4 is 5.32 Å². The molecule has 0 spiro atoms. The summed E-state index contributed by atoms with van der Waals surface area (Å²) in [5.74, 6) is -2.80. The van der Waals surface area contributed by atoms with Crippen LogP contribution in [-0.4, -0.2) is 48.0 Å². The van der Waals surface area contributed by atoms with Gasteiger partial charge in [-0.05, 0) is 55.0 Å². The van der Waals surface area contributed by atoms with E-state index in [9.17, 15) is 14.0 Å². The van der Waals surface area contributed by atoms with Gasteiger partial charge in [0.15, 0.2) is 5.65 Å². The van der Waals surface area contributed by atoms with Crippen molar-refractivity contribution in [2.75, 3.05) is 0 Å². The van der Waals surface area contributed by atoms with Gasteiger partial charge in [0, 0.05) is 17.1 Å². The Morgan fingerprint density at radius 2 is 1.91 bits per heavy atom. The van der Waals surface area contributed by atoms with Crippen LogP contribution in [0.5, 0.6) is 0 Å². The Morgan fingerprint density at radius 1 is 1.09 bits per heavy atom. The van der Waals surface area contributed by atoms with E-state index in [0.29, 0.717) is 29.0 Å². The fourth-order valence-electron chi connectivity index (χ4n) is 3.71. The van der Waals surface area contributed by atoms with Crippen molar-refractivity contribution < 1.29 is 19.1 Å². The summed E-state index contributed by atoms with van der Waals surface area (Å²) in [5, 5.41) is 20.6. The Labute approximate surface area is 198 Å². The Balaban J connectivity index is 1.43. The first-order valence-corrected chi connectivity index (χ1v) is 10.8. The van der Waals surface area contributed by atoms with Crippen molar-refractivity contribution in [3.8, 4) is 11.3 Å². The number of nitrogens with one attached hydrogen (secondary N) is 1. The van der Waals surface area contributed by atoms with E-state index in [4.69, 9.17) is 5.11 Å². The summed E-state index contributed by atoms with van der Waals surface area (Å²) in [4.78, 5) is 32.1. The van der Waals surface area contributed by atoms with Gasteiger partial charge in [0.05, 0.1) is 23.3 Å². The number of aliphatic carboxylic acids is 1. The second kappa shape index (κ2) is 8.90. The number of pyridine rings is 2. The average Bonchev–Trinajstić information content (AvgIpc) is 3.25. The molecular formula is C25H19FN6O3. The number of nitrogens with zero attached hydrogens (tertiary/aromatic N) is 5. The number of carboxylic acid groups (broad SMARTS) is 1. The molecule has 3 aromatic heterocycles. The molecule has 35 heavy (non-hydrogen) atoms. The number of fused-ring (bicyclic) bond motifs is 2. The minimum absolute atomic E-state index is 0.250. The van der Waals surface area contributed by atoms with Crippen molar-refractivity contribution in [3.05, 3.63) is 83.8 Å². The lowest BCUT2D eigenvalue weighted by atomic mass is 10.1. The number of hydrogen-bond donors (Lipinski definition) is 2. The molecule has 1 unspecified atom stereocenters. The molecule has 2 N–H and O–H groups in total. The summed E-state index contributed by atoms with van der Waals surface area (Å²) in [6.07, 6.45) is 1.75. The zero-order valence-corrected chi connectivity index (χ0v) is 18.5. The summed E-state index contributed by atoms with van der Waals surface area (Å²) < 4.78 is 16.4. The Morgan fingerprint density at radius 3 is 2.71 bits per heavy atom. The topological polar surface area (TPSA) is 123 Å². The molecular weight excluding hydrogens is 451 g/mol. The Bertz CT molecular complexity index is 1600. The predicted molar refractivity (Wildman–Crippen MR) is 126 cm³/mol. The van der Waals surface area contributed by atoms with Crippen LogP contribution >= 0.6 is 0 Å². The third kappa shape index (κ3) is 4.41. The maximum absolute atomic E-state index is 14.7. The van der Waals surface area contributed by atoms with E-state index in [2.05, 4.69) is 25.6 Å². The molecule has 0 fully saturated rings. The van der Waals surface area contributed by atoms with Gasteiger partial charge in [-0.25, -0.2) is 14.1 Å². The molecule has 0 radical (unpaired) electrons. The highest BCUT2D eigenvalue weighted by atomic mass is 19.1. The van der Waals surface area contributed by atoms with E-state index in [0.717, 1.165) is 16.5 Å². The van der Waals surface area contributed by atoms with Gasteiger partial charge >= 0.3 is 5.97 Å². The van der Waals surface area contributed by atoms with Crippen LogP contribution in [0.2, 0.25) is 0 Å². The van der Waals surface area contributed by atoms with Gasteiger partial charge in [-0.3, -0.25) is 14.6 Å². The largest absolute Gasteiger partial charge is 0.480 e. The van der Waals surface area contributed by atoms with Crippen LogP contribution in [0.4, 0.5) is 4.39 Å². The molecule has 10 heteroatoms. The van der Waals surface area contributed by atoms with Crippen molar-refractivity contribution in [1.82, 2.24) is 30.3 Å². The Kier molecular flexibility index (Phi) is 5.61. The van der Waals surface area contributed by atoms with Crippen LogP contribution in [-0.2, 0) is 11.3 Å². The van der Waals surface area contributed by atoms with Crippen molar-refractivity contribution in [3.63, 3.8) is 0 Å². The molecule has 5 rings (SSSR count). The first-order valence-electron chi connectivity index (χ1n) is 10.8. The normalized spacial score (nSPS) is 12.1. The molecule has 0 bridgehead atoms. The van der Waals surface area contributed by atoms with Gasteiger partial charge in [0.2, 0.25) is 0 Å². The first-order chi connectivity index (χ1) is 16.9. The first kappa shape index (κ1) is 22.1. The Hall–Kier alpha value is -4.73. The van der Waals surface area contributed by atoms with Crippen LogP contribution in [0, 0.1) is 5.82 Å². The fourth-order valence-corrected chi connectivity index (χ4v) is 3.71. The van der Waals surface area contributed by atoms with Crippen molar-refractivity contribution in [2.24, 2.45) is 0 Å². The molecule has 5 aromatic rings. The highest BCUT2D eigenvalue weighted by molar-refractivity contribution is 5.97. The zero-order chi connectivity index (χ0) is 24.5. The highest BCUT2D eigenvalue weighted by Gasteiger charge is 2.19. The number of aromatic nitrogens is 5. The summed E-state index contributed by atoms with van der Waals surface area (Å²) in [6, 6.07) is 16.2. The molecule has 9 nitrogen and oxygen atoms in total. The van der Waals surface area contributed by atoms with Crippen molar-refractivity contribution in [2.45, 2.75) is 19.5 Å². The summed E-state index contributed by atoms with van der Waals surface area (Å²) in [5.41, 5.74) is 3.71. The van der Waals surface area contributed by atoms with Gasteiger partial charge in [0.25, 0.3) is 5.91 Å². The van der Waals surface area contributed by atoms with E-state index in [1.54, 1.807) is 29.1 Å². The summed E-state index contributed by atoms with van der Waals surface area (Å²) in [7, 11) is 0. The molecule has 1 amide bonds. The molecule has 174 valence electrons. The fraction of sp³-hybridized carbons (Fsp3) is 0.120. The molecule has 0 aliphatic carbocycles. The van der Waals surface area contributed by atoms with E-state index in [1.165, 1.54) is 19.1 Å². The number of benzene rings is 2. The number of hydrogen-bond acceptors (Lipinski definition) is 6. The van der Waals surface area contributed by atoms with Crippen LogP contribution in [0.15, 0.2) is 66.9 Å². The number of amides is 1.